The molecule has 4 rings (SSSR count). The van der Waals surface area contributed by atoms with E-state index < -0.39 is 23.8 Å². The first kappa shape index (κ1) is 31.5. The summed E-state index contributed by atoms with van der Waals surface area (Å²) < 4.78 is 50.4. The molecule has 0 spiro atoms. The number of amides is 1. The van der Waals surface area contributed by atoms with Gasteiger partial charge in [-0.2, -0.15) is 13.2 Å². The van der Waals surface area contributed by atoms with Gasteiger partial charge in [-0.15, -0.1) is 0 Å². The summed E-state index contributed by atoms with van der Waals surface area (Å²) in [5, 5.41) is 14.3. The number of pyridine rings is 1. The van der Waals surface area contributed by atoms with Crippen molar-refractivity contribution >= 4 is 29.3 Å². The van der Waals surface area contributed by atoms with Crippen LogP contribution in [-0.2, 0) is 17.4 Å². The molecule has 206 valence electrons. The van der Waals surface area contributed by atoms with Crippen molar-refractivity contribution < 1.29 is 66.9 Å². The minimum Gasteiger partial charge on any atom is -0.549 e. The van der Waals surface area contributed by atoms with Gasteiger partial charge in [0.1, 0.15) is 28.8 Å². The number of fused-ring (bicyclic) bond motifs is 1. The Morgan fingerprint density at radius 1 is 1.18 bits per heavy atom. The number of halogens is 4. The van der Waals surface area contributed by atoms with Crippen molar-refractivity contribution in [1.82, 2.24) is 10.3 Å². The first-order valence-corrected chi connectivity index (χ1v) is 12.3. The first-order valence-electron chi connectivity index (χ1n) is 11.9. The molecule has 13 heteroatoms. The van der Waals surface area contributed by atoms with E-state index in [9.17, 15) is 27.9 Å². The number of benzene rings is 2. The Hall–Kier alpha value is -2.99. The third-order valence-corrected chi connectivity index (χ3v) is 6.38. The van der Waals surface area contributed by atoms with Crippen LogP contribution in [0.1, 0.15) is 39.5 Å². The average molecular weight is 586 g/mol. The molecule has 1 amide bonds. The molecule has 0 saturated carbocycles. The standard InChI is InChI=1S/C27H25ClF3N3O5.Na/c1-34(2)24-15(5-8-23(33-24)27(29,30)31)9-11-32-25(35)16-3-6-17(7-4-16)39-22-14-21-19(13-20(22)28)18(26(36)37)10-12-38-21;/h3-8,13-14,18H,9-12H2,1-2H3,(H,32,35)(H,36,37);/q;+1/p-1. The van der Waals surface area contributed by atoms with Crippen LogP contribution in [0.3, 0.4) is 0 Å². The quantitative estimate of drug-likeness (QED) is 0.396. The summed E-state index contributed by atoms with van der Waals surface area (Å²) in [5.41, 5.74) is 0.356. The molecule has 2 heterocycles. The van der Waals surface area contributed by atoms with E-state index in [1.807, 2.05) is 0 Å². The van der Waals surface area contributed by atoms with Gasteiger partial charge in [0.2, 0.25) is 0 Å². The van der Waals surface area contributed by atoms with Crippen molar-refractivity contribution in [3.8, 4) is 17.2 Å². The zero-order valence-electron chi connectivity index (χ0n) is 22.0. The molecule has 2 aromatic carbocycles. The summed E-state index contributed by atoms with van der Waals surface area (Å²) >= 11 is 6.31. The summed E-state index contributed by atoms with van der Waals surface area (Å²) in [6, 6.07) is 11.5. The molecule has 0 bridgehead atoms. The molecule has 0 aliphatic carbocycles. The molecule has 40 heavy (non-hydrogen) atoms. The van der Waals surface area contributed by atoms with E-state index in [4.69, 9.17) is 21.1 Å². The van der Waals surface area contributed by atoms with Crippen LogP contribution in [-0.4, -0.2) is 44.1 Å². The largest absolute Gasteiger partial charge is 1.00 e. The normalized spacial score (nSPS) is 14.3. The Kier molecular flexibility index (Phi) is 10.3. The Morgan fingerprint density at radius 3 is 2.50 bits per heavy atom. The van der Waals surface area contributed by atoms with Gasteiger partial charge >= 0.3 is 35.7 Å². The number of nitrogens with one attached hydrogen (secondary N) is 1. The molecule has 1 atom stereocenters. The SMILES string of the molecule is CN(C)c1nc(C(F)(F)F)ccc1CCNC(=O)c1ccc(Oc2cc3c(cc2Cl)C(C(=O)[O-])CCO3)cc1.[Na+]. The van der Waals surface area contributed by atoms with E-state index >= 15 is 0 Å². The van der Waals surface area contributed by atoms with Gasteiger partial charge < -0.3 is 29.6 Å². The van der Waals surface area contributed by atoms with E-state index in [2.05, 4.69) is 10.3 Å². The maximum absolute atomic E-state index is 13.0. The molecule has 0 radical (unpaired) electrons. The number of carbonyl (C=O) groups is 2. The molecule has 1 N–H and O–H groups in total. The number of alkyl halides is 3. The monoisotopic (exact) mass is 585 g/mol. The predicted octanol–water partition coefficient (Wildman–Crippen LogP) is 1.20. The molecule has 1 aliphatic heterocycles. The Morgan fingerprint density at radius 2 is 1.88 bits per heavy atom. The van der Waals surface area contributed by atoms with E-state index in [0.29, 0.717) is 28.2 Å². The van der Waals surface area contributed by atoms with Gasteiger partial charge in [-0.25, -0.2) is 4.98 Å². The van der Waals surface area contributed by atoms with E-state index in [-0.39, 0.29) is 78.0 Å². The van der Waals surface area contributed by atoms with Crippen molar-refractivity contribution in [3.63, 3.8) is 0 Å². The molecule has 0 fully saturated rings. The van der Waals surface area contributed by atoms with Crippen LogP contribution in [0.15, 0.2) is 48.5 Å². The minimum atomic E-state index is -4.55. The van der Waals surface area contributed by atoms with E-state index in [1.54, 1.807) is 38.4 Å². The van der Waals surface area contributed by atoms with Crippen molar-refractivity contribution in [3.05, 3.63) is 75.9 Å². The molecule has 3 aromatic rings. The molecular formula is C27H24ClF3N3NaO5. The summed E-state index contributed by atoms with van der Waals surface area (Å²) in [4.78, 5) is 29.2. The van der Waals surface area contributed by atoms with Gasteiger partial charge in [0.15, 0.2) is 0 Å². The summed E-state index contributed by atoms with van der Waals surface area (Å²) in [5.74, 6) is -1.22. The third kappa shape index (κ3) is 7.39. The number of aromatic nitrogens is 1. The summed E-state index contributed by atoms with van der Waals surface area (Å²) in [6.45, 7) is 0.408. The Labute approximate surface area is 255 Å². The van der Waals surface area contributed by atoms with Gasteiger partial charge in [-0.1, -0.05) is 17.7 Å². The van der Waals surface area contributed by atoms with Crippen molar-refractivity contribution in [2.24, 2.45) is 0 Å². The maximum atomic E-state index is 13.0. The van der Waals surface area contributed by atoms with Crippen LogP contribution in [0.2, 0.25) is 5.02 Å². The van der Waals surface area contributed by atoms with Crippen LogP contribution in [0.5, 0.6) is 17.2 Å². The van der Waals surface area contributed by atoms with Crippen molar-refractivity contribution in [1.29, 1.82) is 0 Å². The number of carboxylic acid groups (broad SMARTS) is 1. The Bertz CT molecular complexity index is 1390. The third-order valence-electron chi connectivity index (χ3n) is 6.08. The van der Waals surface area contributed by atoms with E-state index in [0.717, 1.165) is 6.07 Å². The number of nitrogens with zero attached hydrogens (tertiary/aromatic N) is 2. The second-order valence-corrected chi connectivity index (χ2v) is 9.44. The van der Waals surface area contributed by atoms with Gasteiger partial charge in [0.25, 0.3) is 5.91 Å². The van der Waals surface area contributed by atoms with Crippen LogP contribution in [0.25, 0.3) is 0 Å². The van der Waals surface area contributed by atoms with Crippen LogP contribution >= 0.6 is 11.6 Å². The number of ether oxygens (including phenoxy) is 2. The fourth-order valence-electron chi connectivity index (χ4n) is 4.14. The minimum absolute atomic E-state index is 0. The second-order valence-electron chi connectivity index (χ2n) is 9.03. The molecular weight excluding hydrogens is 562 g/mol. The van der Waals surface area contributed by atoms with Crippen LogP contribution in [0.4, 0.5) is 19.0 Å². The topological polar surface area (TPSA) is 104 Å². The summed E-state index contributed by atoms with van der Waals surface area (Å²) in [6.07, 6.45) is -3.98. The van der Waals surface area contributed by atoms with Crippen LogP contribution < -0.4 is 54.4 Å². The second kappa shape index (κ2) is 13.1. The average Bonchev–Trinajstić information content (AvgIpc) is 2.88. The van der Waals surface area contributed by atoms with Gasteiger partial charge in [0, 0.05) is 49.7 Å². The predicted molar refractivity (Wildman–Crippen MR) is 135 cm³/mol. The van der Waals surface area contributed by atoms with Gasteiger partial charge in [-0.05, 0) is 54.8 Å². The zero-order chi connectivity index (χ0) is 28.3. The zero-order valence-corrected chi connectivity index (χ0v) is 24.7. The first-order chi connectivity index (χ1) is 18.4. The number of anilines is 1. The molecule has 1 aliphatic rings. The number of carboxylic acids is 1. The number of aliphatic carboxylic acids is 1. The number of rotatable bonds is 8. The fraction of sp³-hybridized carbons (Fsp3) is 0.296. The molecule has 1 unspecified atom stereocenters. The fourth-order valence-corrected chi connectivity index (χ4v) is 4.35. The number of hydrogen-bond acceptors (Lipinski definition) is 7. The summed E-state index contributed by atoms with van der Waals surface area (Å²) in [7, 11) is 3.20. The smallest absolute Gasteiger partial charge is 0.549 e. The molecule has 8 nitrogen and oxygen atoms in total. The van der Waals surface area contributed by atoms with Crippen molar-refractivity contribution in [2.75, 3.05) is 32.1 Å². The van der Waals surface area contributed by atoms with Crippen LogP contribution in [0, 0.1) is 0 Å². The maximum Gasteiger partial charge on any atom is 1.00 e. The van der Waals surface area contributed by atoms with Gasteiger partial charge in [0.05, 0.1) is 11.6 Å². The number of hydrogen-bond donors (Lipinski definition) is 1. The Balaban J connectivity index is 0.00000441. The molecule has 0 saturated heterocycles. The van der Waals surface area contributed by atoms with Crippen molar-refractivity contribution in [2.45, 2.75) is 24.9 Å². The van der Waals surface area contributed by atoms with Gasteiger partial charge in [-0.3, -0.25) is 4.79 Å². The van der Waals surface area contributed by atoms with E-state index in [1.165, 1.54) is 23.1 Å². The number of carbonyl (C=O) groups excluding carboxylic acids is 2. The molecule has 1 aromatic heterocycles.